The van der Waals surface area contributed by atoms with Crippen molar-refractivity contribution >= 4 is 61.2 Å². The molecule has 0 radical (unpaired) electrons. The van der Waals surface area contributed by atoms with E-state index in [9.17, 15) is 18.0 Å². The van der Waals surface area contributed by atoms with Crippen LogP contribution in [0, 0.1) is 0 Å². The smallest absolute Gasteiger partial charge is 0.341 e. The highest BCUT2D eigenvalue weighted by Crippen LogP contribution is 2.39. The monoisotopic (exact) mass is 502 g/mol. The fourth-order valence-electron chi connectivity index (χ4n) is 4.19. The second-order valence-electron chi connectivity index (χ2n) is 7.58. The van der Waals surface area contributed by atoms with Crippen LogP contribution < -0.4 is 5.32 Å². The predicted octanol–water partition coefficient (Wildman–Crippen LogP) is 4.31. The second-order valence-corrected chi connectivity index (χ2v) is 12.5. The van der Waals surface area contributed by atoms with Gasteiger partial charge in [-0.15, -0.1) is 22.7 Å². The second kappa shape index (κ2) is 9.19. The minimum Gasteiger partial charge on any atom is -0.465 e. The SMILES string of the molecule is COC(=O)c1c(NC(=O)C2CCCN2S(=O)(=O)c2ccc(Cl)s2)sc2c1CCCCC2. The van der Waals surface area contributed by atoms with Gasteiger partial charge in [0.25, 0.3) is 10.0 Å². The molecule has 3 heterocycles. The molecule has 0 bridgehead atoms. The first kappa shape index (κ1) is 22.7. The molecule has 31 heavy (non-hydrogen) atoms. The molecule has 1 amide bonds. The van der Waals surface area contributed by atoms with E-state index in [-0.39, 0.29) is 10.8 Å². The first-order chi connectivity index (χ1) is 14.8. The number of ether oxygens (including phenoxy) is 1. The highest BCUT2D eigenvalue weighted by atomic mass is 35.5. The zero-order valence-corrected chi connectivity index (χ0v) is 20.2. The number of sulfonamides is 1. The highest BCUT2D eigenvalue weighted by Gasteiger charge is 2.41. The number of nitrogens with zero attached hydrogens (tertiary/aromatic N) is 1. The van der Waals surface area contributed by atoms with E-state index in [1.165, 1.54) is 34.9 Å². The van der Waals surface area contributed by atoms with Crippen molar-refractivity contribution in [3.63, 3.8) is 0 Å². The summed E-state index contributed by atoms with van der Waals surface area (Å²) >= 11 is 8.29. The molecule has 11 heteroatoms. The number of fused-ring (bicyclic) bond motifs is 1. The number of hydrogen-bond acceptors (Lipinski definition) is 7. The Kier molecular flexibility index (Phi) is 6.73. The molecular formula is C20H23ClN2O5S3. The van der Waals surface area contributed by atoms with Crippen LogP contribution in [0.1, 0.15) is 52.9 Å². The molecule has 2 aliphatic rings. The Bertz CT molecular complexity index is 1110. The number of esters is 1. The van der Waals surface area contributed by atoms with Gasteiger partial charge in [0.15, 0.2) is 0 Å². The summed E-state index contributed by atoms with van der Waals surface area (Å²) in [5.74, 6) is -0.899. The Hall–Kier alpha value is -1.46. The van der Waals surface area contributed by atoms with Gasteiger partial charge in [-0.3, -0.25) is 4.79 Å². The fraction of sp³-hybridized carbons (Fsp3) is 0.500. The van der Waals surface area contributed by atoms with Crippen LogP contribution in [0.25, 0.3) is 0 Å². The largest absolute Gasteiger partial charge is 0.465 e. The Morgan fingerprint density at radius 3 is 2.65 bits per heavy atom. The zero-order valence-electron chi connectivity index (χ0n) is 17.0. The van der Waals surface area contributed by atoms with Gasteiger partial charge in [-0.2, -0.15) is 4.31 Å². The van der Waals surface area contributed by atoms with Gasteiger partial charge in [0, 0.05) is 11.4 Å². The Morgan fingerprint density at radius 1 is 1.16 bits per heavy atom. The Balaban J connectivity index is 1.61. The van der Waals surface area contributed by atoms with Crippen LogP contribution in [0.2, 0.25) is 4.34 Å². The maximum absolute atomic E-state index is 13.2. The average Bonchev–Trinajstić information content (AvgIpc) is 3.44. The standard InChI is InChI=1S/C20H23ClN2O5S3/c1-28-20(25)17-12-6-3-2-4-8-14(12)29-19(17)22-18(24)13-7-5-11-23(13)31(26,27)16-10-9-15(21)30-16/h9-10,13H,2-8,11H2,1H3,(H,22,24). The molecular weight excluding hydrogens is 480 g/mol. The summed E-state index contributed by atoms with van der Waals surface area (Å²) in [6, 6.07) is 2.16. The number of amides is 1. The molecule has 2 aromatic heterocycles. The number of anilines is 1. The predicted molar refractivity (Wildman–Crippen MR) is 122 cm³/mol. The number of thiophene rings is 2. The first-order valence-corrected chi connectivity index (χ1v) is 13.6. The van der Waals surface area contributed by atoms with Crippen molar-refractivity contribution in [1.29, 1.82) is 0 Å². The van der Waals surface area contributed by atoms with Crippen LogP contribution in [0.15, 0.2) is 16.3 Å². The van der Waals surface area contributed by atoms with Crippen LogP contribution in [0.5, 0.6) is 0 Å². The summed E-state index contributed by atoms with van der Waals surface area (Å²) in [4.78, 5) is 26.8. The third-order valence-corrected chi connectivity index (χ3v) is 10.5. The van der Waals surface area contributed by atoms with Crippen LogP contribution in [-0.2, 0) is 32.4 Å². The Morgan fingerprint density at radius 2 is 1.94 bits per heavy atom. The summed E-state index contributed by atoms with van der Waals surface area (Å²) in [6.45, 7) is 0.265. The van der Waals surface area contributed by atoms with Gasteiger partial charge in [0.1, 0.15) is 15.3 Å². The molecule has 1 atom stereocenters. The molecule has 1 N–H and O–H groups in total. The molecule has 1 aliphatic carbocycles. The maximum Gasteiger partial charge on any atom is 0.341 e. The maximum atomic E-state index is 13.2. The molecule has 7 nitrogen and oxygen atoms in total. The molecule has 1 aliphatic heterocycles. The van der Waals surface area contributed by atoms with E-state index in [0.29, 0.717) is 27.7 Å². The number of nitrogens with one attached hydrogen (secondary N) is 1. The number of carbonyl (C=O) groups is 2. The lowest BCUT2D eigenvalue weighted by Gasteiger charge is -2.22. The summed E-state index contributed by atoms with van der Waals surface area (Å²) < 4.78 is 32.8. The number of hydrogen-bond donors (Lipinski definition) is 1. The van der Waals surface area contributed by atoms with Crippen molar-refractivity contribution in [2.75, 3.05) is 19.0 Å². The minimum atomic E-state index is -3.82. The third kappa shape index (κ3) is 4.41. The van der Waals surface area contributed by atoms with E-state index < -0.39 is 27.9 Å². The zero-order chi connectivity index (χ0) is 22.2. The van der Waals surface area contributed by atoms with Gasteiger partial charge < -0.3 is 10.1 Å². The van der Waals surface area contributed by atoms with E-state index in [2.05, 4.69) is 5.32 Å². The Labute approximate surface area is 194 Å². The average molecular weight is 503 g/mol. The van der Waals surface area contributed by atoms with Crippen molar-refractivity contribution in [3.05, 3.63) is 32.5 Å². The molecule has 0 spiro atoms. The normalized spacial score (nSPS) is 19.6. The lowest BCUT2D eigenvalue weighted by atomic mass is 10.1. The lowest BCUT2D eigenvalue weighted by molar-refractivity contribution is -0.119. The van der Waals surface area contributed by atoms with Gasteiger partial charge in [0.2, 0.25) is 5.91 Å². The fourth-order valence-corrected chi connectivity index (χ4v) is 8.73. The molecule has 2 aromatic rings. The molecule has 1 fully saturated rings. The van der Waals surface area contributed by atoms with Gasteiger partial charge in [0.05, 0.1) is 17.0 Å². The van der Waals surface area contributed by atoms with E-state index in [1.54, 1.807) is 0 Å². The van der Waals surface area contributed by atoms with Gasteiger partial charge in [-0.25, -0.2) is 13.2 Å². The third-order valence-electron chi connectivity index (χ3n) is 5.67. The lowest BCUT2D eigenvalue weighted by Crippen LogP contribution is -2.42. The number of carbonyl (C=O) groups excluding carboxylic acids is 2. The van der Waals surface area contributed by atoms with Crippen molar-refractivity contribution in [2.45, 2.75) is 55.2 Å². The summed E-state index contributed by atoms with van der Waals surface area (Å²) in [7, 11) is -2.50. The highest BCUT2D eigenvalue weighted by molar-refractivity contribution is 7.91. The van der Waals surface area contributed by atoms with Crippen LogP contribution in [0.4, 0.5) is 5.00 Å². The van der Waals surface area contributed by atoms with E-state index >= 15 is 0 Å². The number of methoxy groups -OCH3 is 1. The van der Waals surface area contributed by atoms with Gasteiger partial charge >= 0.3 is 5.97 Å². The molecule has 168 valence electrons. The van der Waals surface area contributed by atoms with Crippen molar-refractivity contribution < 1.29 is 22.7 Å². The summed E-state index contributed by atoms with van der Waals surface area (Å²) in [5.41, 5.74) is 1.36. The molecule has 0 saturated carbocycles. The van der Waals surface area contributed by atoms with Crippen molar-refractivity contribution in [1.82, 2.24) is 4.31 Å². The van der Waals surface area contributed by atoms with Crippen LogP contribution in [-0.4, -0.2) is 44.3 Å². The molecule has 0 aromatic carbocycles. The van der Waals surface area contributed by atoms with E-state index in [0.717, 1.165) is 53.9 Å². The van der Waals surface area contributed by atoms with E-state index in [1.807, 2.05) is 0 Å². The number of aryl methyl sites for hydroxylation is 1. The summed E-state index contributed by atoms with van der Waals surface area (Å²) in [5, 5.41) is 3.31. The topological polar surface area (TPSA) is 92.8 Å². The van der Waals surface area contributed by atoms with Gasteiger partial charge in [-0.1, -0.05) is 18.0 Å². The first-order valence-electron chi connectivity index (χ1n) is 10.1. The van der Waals surface area contributed by atoms with Crippen molar-refractivity contribution in [2.24, 2.45) is 0 Å². The van der Waals surface area contributed by atoms with Crippen LogP contribution >= 0.6 is 34.3 Å². The minimum absolute atomic E-state index is 0.121. The van der Waals surface area contributed by atoms with Crippen LogP contribution in [0.3, 0.4) is 0 Å². The molecule has 1 saturated heterocycles. The molecule has 1 unspecified atom stereocenters. The summed E-state index contributed by atoms with van der Waals surface area (Å²) in [6.07, 6.45) is 5.77. The molecule has 4 rings (SSSR count). The van der Waals surface area contributed by atoms with Gasteiger partial charge in [-0.05, 0) is 56.2 Å². The quantitative estimate of drug-likeness (QED) is 0.485. The number of halogens is 1. The van der Waals surface area contributed by atoms with Crippen molar-refractivity contribution in [3.8, 4) is 0 Å². The van der Waals surface area contributed by atoms with E-state index in [4.69, 9.17) is 16.3 Å². The number of rotatable bonds is 5.